The van der Waals surface area contributed by atoms with Crippen molar-refractivity contribution in [3.8, 4) is 0 Å². The van der Waals surface area contributed by atoms with E-state index in [9.17, 15) is 5.11 Å². The summed E-state index contributed by atoms with van der Waals surface area (Å²) in [5.74, 6) is 0.716. The van der Waals surface area contributed by atoms with Gasteiger partial charge in [0.15, 0.2) is 0 Å². The normalized spacial score (nSPS) is 32.8. The van der Waals surface area contributed by atoms with Gasteiger partial charge in [-0.15, -0.1) is 0 Å². The largest absolute Gasteiger partial charge is 0.394 e. The summed E-state index contributed by atoms with van der Waals surface area (Å²) in [6, 6.07) is 1.38. The molecule has 3 aliphatic rings. The number of aliphatic hydroxyl groups excluding tert-OH is 1. The standard InChI is InChI=1S/C16H30N2O/c1-13-5-3-2-4-10-18(13)11-16(12-19,14-6-7-14)17-15-8-9-15/h13-15,17,19H,2-12H2,1H3. The van der Waals surface area contributed by atoms with E-state index in [4.69, 9.17) is 0 Å². The maximum Gasteiger partial charge on any atom is 0.0628 e. The van der Waals surface area contributed by atoms with E-state index in [1.54, 1.807) is 0 Å². The molecule has 2 N–H and O–H groups in total. The van der Waals surface area contributed by atoms with E-state index in [0.717, 1.165) is 6.54 Å². The third-order valence-electron chi connectivity index (χ3n) is 5.39. The fourth-order valence-corrected chi connectivity index (χ4v) is 3.72. The first-order valence-corrected chi connectivity index (χ1v) is 8.36. The first kappa shape index (κ1) is 13.8. The van der Waals surface area contributed by atoms with E-state index in [-0.39, 0.29) is 5.54 Å². The van der Waals surface area contributed by atoms with Crippen molar-refractivity contribution in [1.82, 2.24) is 10.2 Å². The Labute approximate surface area is 117 Å². The molecule has 2 saturated carbocycles. The maximum absolute atomic E-state index is 10.1. The van der Waals surface area contributed by atoms with Crippen molar-refractivity contribution in [1.29, 1.82) is 0 Å². The predicted molar refractivity (Wildman–Crippen MR) is 78.2 cm³/mol. The van der Waals surface area contributed by atoms with E-state index in [2.05, 4.69) is 17.1 Å². The second kappa shape index (κ2) is 5.71. The minimum atomic E-state index is -0.000231. The molecule has 110 valence electrons. The molecule has 3 fully saturated rings. The molecule has 0 bridgehead atoms. The summed E-state index contributed by atoms with van der Waals surface area (Å²) < 4.78 is 0. The molecule has 2 atom stereocenters. The first-order chi connectivity index (χ1) is 9.23. The molecule has 0 amide bonds. The zero-order chi connectivity index (χ0) is 13.3. The lowest BCUT2D eigenvalue weighted by atomic mass is 9.92. The average Bonchev–Trinajstić information content (AvgIpc) is 3.26. The quantitative estimate of drug-likeness (QED) is 0.773. The molecule has 2 unspecified atom stereocenters. The van der Waals surface area contributed by atoms with Crippen LogP contribution >= 0.6 is 0 Å². The Morgan fingerprint density at radius 2 is 1.89 bits per heavy atom. The molecular formula is C16H30N2O. The number of nitrogens with one attached hydrogen (secondary N) is 1. The van der Waals surface area contributed by atoms with Gasteiger partial charge >= 0.3 is 0 Å². The van der Waals surface area contributed by atoms with Gasteiger partial charge in [0, 0.05) is 18.6 Å². The summed E-state index contributed by atoms with van der Waals surface area (Å²) in [6.07, 6.45) is 10.7. The fraction of sp³-hybridized carbons (Fsp3) is 1.00. The van der Waals surface area contributed by atoms with E-state index < -0.39 is 0 Å². The van der Waals surface area contributed by atoms with Gasteiger partial charge in [0.05, 0.1) is 12.1 Å². The Morgan fingerprint density at radius 3 is 2.53 bits per heavy atom. The molecule has 0 spiro atoms. The van der Waals surface area contributed by atoms with Gasteiger partial charge in [-0.2, -0.15) is 0 Å². The predicted octanol–water partition coefficient (Wildman–Crippen LogP) is 2.14. The van der Waals surface area contributed by atoms with Gasteiger partial charge in [-0.25, -0.2) is 0 Å². The van der Waals surface area contributed by atoms with Crippen LogP contribution in [0.1, 0.15) is 58.3 Å². The van der Waals surface area contributed by atoms with Crippen molar-refractivity contribution in [3.63, 3.8) is 0 Å². The van der Waals surface area contributed by atoms with Crippen LogP contribution in [0.15, 0.2) is 0 Å². The molecule has 2 aliphatic carbocycles. The molecular weight excluding hydrogens is 236 g/mol. The molecule has 0 radical (unpaired) electrons. The van der Waals surface area contributed by atoms with Crippen molar-refractivity contribution < 1.29 is 5.11 Å². The molecule has 3 rings (SSSR count). The highest BCUT2D eigenvalue weighted by molar-refractivity contribution is 5.06. The topological polar surface area (TPSA) is 35.5 Å². The van der Waals surface area contributed by atoms with Gasteiger partial charge < -0.3 is 10.4 Å². The Balaban J connectivity index is 1.67. The molecule has 0 aromatic heterocycles. The highest BCUT2D eigenvalue weighted by atomic mass is 16.3. The lowest BCUT2D eigenvalue weighted by Crippen LogP contribution is -2.59. The lowest BCUT2D eigenvalue weighted by Gasteiger charge is -2.40. The number of nitrogens with zero attached hydrogens (tertiary/aromatic N) is 1. The second-order valence-electron chi connectivity index (χ2n) is 7.18. The molecule has 1 heterocycles. The summed E-state index contributed by atoms with van der Waals surface area (Å²) in [6.45, 7) is 4.97. The van der Waals surface area contributed by atoms with Crippen LogP contribution in [0.2, 0.25) is 0 Å². The zero-order valence-corrected chi connectivity index (χ0v) is 12.4. The first-order valence-electron chi connectivity index (χ1n) is 8.36. The SMILES string of the molecule is CC1CCCCCN1CC(CO)(NC1CC1)C1CC1. The number of aliphatic hydroxyl groups is 1. The average molecular weight is 266 g/mol. The van der Waals surface area contributed by atoms with Crippen LogP contribution in [-0.4, -0.2) is 47.3 Å². The van der Waals surface area contributed by atoms with Crippen LogP contribution in [0.4, 0.5) is 0 Å². The van der Waals surface area contributed by atoms with E-state index >= 15 is 0 Å². The van der Waals surface area contributed by atoms with Gasteiger partial charge in [-0.3, -0.25) is 4.90 Å². The van der Waals surface area contributed by atoms with E-state index in [0.29, 0.717) is 24.6 Å². The van der Waals surface area contributed by atoms with Crippen LogP contribution < -0.4 is 5.32 Å². The van der Waals surface area contributed by atoms with Crippen LogP contribution in [0.25, 0.3) is 0 Å². The molecule has 1 aliphatic heterocycles. The number of rotatable bonds is 6. The summed E-state index contributed by atoms with van der Waals surface area (Å²) in [4.78, 5) is 2.65. The molecule has 0 aromatic rings. The van der Waals surface area contributed by atoms with Crippen LogP contribution in [0.5, 0.6) is 0 Å². The summed E-state index contributed by atoms with van der Waals surface area (Å²) in [5.41, 5.74) is -0.000231. The Kier molecular flexibility index (Phi) is 4.16. The monoisotopic (exact) mass is 266 g/mol. The lowest BCUT2D eigenvalue weighted by molar-refractivity contribution is 0.0730. The third kappa shape index (κ3) is 3.32. The van der Waals surface area contributed by atoms with E-state index in [1.165, 1.54) is 57.9 Å². The van der Waals surface area contributed by atoms with Crippen molar-refractivity contribution in [3.05, 3.63) is 0 Å². The Hall–Kier alpha value is -0.120. The number of hydrogen-bond donors (Lipinski definition) is 2. The van der Waals surface area contributed by atoms with E-state index in [1.807, 2.05) is 0 Å². The summed E-state index contributed by atoms with van der Waals surface area (Å²) >= 11 is 0. The maximum atomic E-state index is 10.1. The number of hydrogen-bond acceptors (Lipinski definition) is 3. The minimum Gasteiger partial charge on any atom is -0.394 e. The molecule has 1 saturated heterocycles. The molecule has 3 heteroatoms. The number of likely N-dealkylation sites (tertiary alicyclic amines) is 1. The van der Waals surface area contributed by atoms with Crippen molar-refractivity contribution in [2.75, 3.05) is 19.7 Å². The van der Waals surface area contributed by atoms with Gasteiger partial charge in [0.1, 0.15) is 0 Å². The second-order valence-corrected chi connectivity index (χ2v) is 7.18. The van der Waals surface area contributed by atoms with Gasteiger partial charge in [0.25, 0.3) is 0 Å². The molecule has 19 heavy (non-hydrogen) atoms. The van der Waals surface area contributed by atoms with Gasteiger partial charge in [-0.05, 0) is 57.9 Å². The van der Waals surface area contributed by atoms with Crippen molar-refractivity contribution in [2.24, 2.45) is 5.92 Å². The Morgan fingerprint density at radius 1 is 1.11 bits per heavy atom. The third-order valence-corrected chi connectivity index (χ3v) is 5.39. The highest BCUT2D eigenvalue weighted by Crippen LogP contribution is 2.42. The highest BCUT2D eigenvalue weighted by Gasteiger charge is 2.48. The van der Waals surface area contributed by atoms with Crippen LogP contribution in [0.3, 0.4) is 0 Å². The molecule has 3 nitrogen and oxygen atoms in total. The van der Waals surface area contributed by atoms with Crippen molar-refractivity contribution in [2.45, 2.75) is 75.9 Å². The molecule has 0 aromatic carbocycles. The van der Waals surface area contributed by atoms with Crippen molar-refractivity contribution >= 4 is 0 Å². The fourth-order valence-electron chi connectivity index (χ4n) is 3.72. The smallest absolute Gasteiger partial charge is 0.0628 e. The Bertz CT molecular complexity index is 301. The van der Waals surface area contributed by atoms with Crippen LogP contribution in [0, 0.1) is 5.92 Å². The summed E-state index contributed by atoms with van der Waals surface area (Å²) in [7, 11) is 0. The van der Waals surface area contributed by atoms with Gasteiger partial charge in [0.2, 0.25) is 0 Å². The van der Waals surface area contributed by atoms with Crippen LogP contribution in [-0.2, 0) is 0 Å². The minimum absolute atomic E-state index is 0.000231. The van der Waals surface area contributed by atoms with Gasteiger partial charge in [-0.1, -0.05) is 12.8 Å². The zero-order valence-electron chi connectivity index (χ0n) is 12.4. The summed E-state index contributed by atoms with van der Waals surface area (Å²) in [5, 5.41) is 13.9.